The maximum atomic E-state index is 2.35. The zero-order chi connectivity index (χ0) is 15.8. The molecule has 0 aromatic rings. The molecule has 0 aromatic heterocycles. The van der Waals surface area contributed by atoms with Crippen LogP contribution in [-0.4, -0.2) is 25.6 Å². The van der Waals surface area contributed by atoms with Crippen molar-refractivity contribution in [2.24, 2.45) is 0 Å². The second-order valence-electron chi connectivity index (χ2n) is 7.53. The van der Waals surface area contributed by atoms with Crippen LogP contribution in [0, 0.1) is 0 Å². The molecular weight excluding hydrogens is 334 g/mol. The number of quaternary nitrogens is 1. The third-order valence-corrected chi connectivity index (χ3v) is 4.03. The van der Waals surface area contributed by atoms with E-state index in [1.165, 1.54) is 89.9 Å². The Morgan fingerprint density at radius 1 is 0.591 bits per heavy atom. The summed E-state index contributed by atoms with van der Waals surface area (Å²) in [6.45, 7) is 2.29. The van der Waals surface area contributed by atoms with Crippen LogP contribution in [-0.2, 0) is 0 Å². The minimum Gasteiger partial charge on any atom is -1.00 e. The highest BCUT2D eigenvalue weighted by Gasteiger charge is 1.98. The normalized spacial score (nSPS) is 11.8. The number of hydrogen-bond acceptors (Lipinski definition) is 0. The van der Waals surface area contributed by atoms with Crippen LogP contribution in [0.25, 0.3) is 0 Å². The molecule has 0 spiro atoms. The van der Waals surface area contributed by atoms with Gasteiger partial charge in [-0.25, -0.2) is 0 Å². The van der Waals surface area contributed by atoms with Crippen molar-refractivity contribution < 1.29 is 21.5 Å². The Kier molecular flexibility index (Phi) is 19.5. The first-order valence-electron chi connectivity index (χ1n) is 9.55. The molecule has 2 heteroatoms. The second kappa shape index (κ2) is 17.5. The quantitative estimate of drug-likeness (QED) is 0.302. The predicted octanol–water partition coefficient (Wildman–Crippen LogP) is 3.69. The third kappa shape index (κ3) is 22.5. The molecule has 0 rings (SSSR count). The minimum absolute atomic E-state index is 0. The second-order valence-corrected chi connectivity index (χ2v) is 7.53. The molecule has 0 fully saturated rings. The fourth-order valence-corrected chi connectivity index (χ4v) is 2.67. The Bertz CT molecular complexity index is 230. The van der Waals surface area contributed by atoms with Crippen LogP contribution >= 0.6 is 0 Å². The molecule has 0 saturated carbocycles. The first-order valence-corrected chi connectivity index (χ1v) is 9.55. The first-order chi connectivity index (χ1) is 10.1. The molecule has 0 unspecified atom stereocenters. The molecule has 0 amide bonds. The molecule has 0 atom stereocenters. The topological polar surface area (TPSA) is 0 Å². The van der Waals surface area contributed by atoms with Crippen LogP contribution in [0.5, 0.6) is 0 Å². The van der Waals surface area contributed by atoms with Gasteiger partial charge in [-0.2, -0.15) is 0 Å². The average Bonchev–Trinajstić information content (AvgIpc) is 2.42. The van der Waals surface area contributed by atoms with Crippen LogP contribution in [0.1, 0.15) is 96.8 Å². The molecule has 0 heterocycles. The average molecular weight is 376 g/mol. The molecule has 0 aliphatic carbocycles. The molecule has 0 aromatic carbocycles. The summed E-state index contributed by atoms with van der Waals surface area (Å²) in [6.07, 6.45) is 24.6. The summed E-state index contributed by atoms with van der Waals surface area (Å²) in [4.78, 5) is 0. The smallest absolute Gasteiger partial charge is 0.0911 e. The van der Waals surface area contributed by atoms with E-state index in [0.29, 0.717) is 0 Å². The molecule has 134 valence electrons. The lowest BCUT2D eigenvalue weighted by Gasteiger charge is -2.17. The molecule has 0 saturated heterocycles. The summed E-state index contributed by atoms with van der Waals surface area (Å²) < 4.78 is 0.943. The summed E-state index contributed by atoms with van der Waals surface area (Å²) >= 11 is 0. The SMILES string of the molecule is CCCCCCCCCCCCCCCC=C[N+](C)(C)C.[Br-]. The Hall–Kier alpha value is 0.180. The van der Waals surface area contributed by atoms with E-state index < -0.39 is 0 Å². The number of hydrogen-bond donors (Lipinski definition) is 0. The van der Waals surface area contributed by atoms with E-state index in [1.807, 2.05) is 0 Å². The largest absolute Gasteiger partial charge is 1.00 e. The molecule has 0 aliphatic rings. The standard InChI is InChI=1S/C20H42N.BrH/c1-5-6-7-8-9-10-11-12-13-14-15-16-17-18-19-20-21(2,3)4;/h19-20H,5-18H2,1-4H3;1H/q+1;/p-1. The van der Waals surface area contributed by atoms with Gasteiger partial charge in [0.05, 0.1) is 27.3 Å². The van der Waals surface area contributed by atoms with Crippen LogP contribution in [0.4, 0.5) is 0 Å². The van der Waals surface area contributed by atoms with E-state index >= 15 is 0 Å². The monoisotopic (exact) mass is 375 g/mol. The van der Waals surface area contributed by atoms with Crippen molar-refractivity contribution in [2.75, 3.05) is 21.1 Å². The minimum atomic E-state index is 0. The van der Waals surface area contributed by atoms with Crippen LogP contribution in [0.2, 0.25) is 0 Å². The maximum Gasteiger partial charge on any atom is 0.0911 e. The maximum absolute atomic E-state index is 2.35. The summed E-state index contributed by atoms with van der Waals surface area (Å²) in [5.74, 6) is 0. The fourth-order valence-electron chi connectivity index (χ4n) is 2.67. The summed E-state index contributed by atoms with van der Waals surface area (Å²) in [6, 6.07) is 0. The Morgan fingerprint density at radius 2 is 0.955 bits per heavy atom. The molecular formula is C20H42BrN. The number of nitrogens with zero attached hydrogens (tertiary/aromatic N) is 1. The van der Waals surface area contributed by atoms with Gasteiger partial charge in [0.25, 0.3) is 0 Å². The zero-order valence-electron chi connectivity index (χ0n) is 15.9. The number of unbranched alkanes of at least 4 members (excludes halogenated alkanes) is 13. The van der Waals surface area contributed by atoms with Crippen molar-refractivity contribution in [1.29, 1.82) is 0 Å². The van der Waals surface area contributed by atoms with Gasteiger partial charge < -0.3 is 21.5 Å². The van der Waals surface area contributed by atoms with E-state index in [4.69, 9.17) is 0 Å². The molecule has 1 nitrogen and oxygen atoms in total. The number of rotatable bonds is 15. The molecule has 0 radical (unpaired) electrons. The van der Waals surface area contributed by atoms with Crippen LogP contribution in [0.15, 0.2) is 12.3 Å². The Labute approximate surface area is 151 Å². The highest BCUT2D eigenvalue weighted by Crippen LogP contribution is 2.13. The van der Waals surface area contributed by atoms with Crippen molar-refractivity contribution >= 4 is 0 Å². The lowest BCUT2D eigenvalue weighted by atomic mass is 10.0. The van der Waals surface area contributed by atoms with Crippen molar-refractivity contribution in [2.45, 2.75) is 96.8 Å². The van der Waals surface area contributed by atoms with Gasteiger partial charge >= 0.3 is 0 Å². The lowest BCUT2D eigenvalue weighted by molar-refractivity contribution is -0.817. The molecule has 0 bridgehead atoms. The van der Waals surface area contributed by atoms with E-state index in [9.17, 15) is 0 Å². The van der Waals surface area contributed by atoms with Gasteiger partial charge in [0.15, 0.2) is 0 Å². The van der Waals surface area contributed by atoms with Crippen molar-refractivity contribution in [3.05, 3.63) is 12.3 Å². The van der Waals surface area contributed by atoms with Gasteiger partial charge in [-0.1, -0.05) is 84.0 Å². The first kappa shape index (κ1) is 24.4. The van der Waals surface area contributed by atoms with Gasteiger partial charge in [-0.3, -0.25) is 0 Å². The summed E-state index contributed by atoms with van der Waals surface area (Å²) in [5, 5.41) is 0. The van der Waals surface area contributed by atoms with Gasteiger partial charge in [0.2, 0.25) is 0 Å². The Balaban J connectivity index is 0. The number of allylic oxidation sites excluding steroid dienone is 1. The van der Waals surface area contributed by atoms with E-state index in [-0.39, 0.29) is 17.0 Å². The van der Waals surface area contributed by atoms with E-state index in [1.54, 1.807) is 0 Å². The van der Waals surface area contributed by atoms with Crippen molar-refractivity contribution in [3.63, 3.8) is 0 Å². The van der Waals surface area contributed by atoms with Gasteiger partial charge in [-0.05, 0) is 18.9 Å². The molecule has 0 aliphatic heterocycles. The summed E-state index contributed by atoms with van der Waals surface area (Å²) in [7, 11) is 6.63. The predicted molar refractivity (Wildman–Crippen MR) is 97.5 cm³/mol. The highest BCUT2D eigenvalue weighted by atomic mass is 79.9. The molecule has 22 heavy (non-hydrogen) atoms. The molecule has 0 N–H and O–H groups in total. The van der Waals surface area contributed by atoms with Gasteiger partial charge in [0, 0.05) is 0 Å². The van der Waals surface area contributed by atoms with Gasteiger partial charge in [-0.15, -0.1) is 0 Å². The van der Waals surface area contributed by atoms with Crippen LogP contribution < -0.4 is 17.0 Å². The highest BCUT2D eigenvalue weighted by molar-refractivity contribution is 4.72. The zero-order valence-corrected chi connectivity index (χ0v) is 17.5. The lowest BCUT2D eigenvalue weighted by Crippen LogP contribution is -3.00. The van der Waals surface area contributed by atoms with Gasteiger partial charge in [0.1, 0.15) is 0 Å². The summed E-state index contributed by atoms with van der Waals surface area (Å²) in [5.41, 5.74) is 0. The Morgan fingerprint density at radius 3 is 1.32 bits per heavy atom. The van der Waals surface area contributed by atoms with Crippen LogP contribution in [0.3, 0.4) is 0 Å². The van der Waals surface area contributed by atoms with E-state index in [0.717, 1.165) is 4.48 Å². The number of halogens is 1. The third-order valence-electron chi connectivity index (χ3n) is 4.03. The van der Waals surface area contributed by atoms with E-state index in [2.05, 4.69) is 40.3 Å². The van der Waals surface area contributed by atoms with Crippen molar-refractivity contribution in [3.8, 4) is 0 Å². The van der Waals surface area contributed by atoms with Crippen molar-refractivity contribution in [1.82, 2.24) is 0 Å². The fraction of sp³-hybridized carbons (Fsp3) is 0.900.